The minimum atomic E-state index is -0.534. The van der Waals surface area contributed by atoms with Gasteiger partial charge in [-0.2, -0.15) is 0 Å². The van der Waals surface area contributed by atoms with Gasteiger partial charge in [-0.05, 0) is 64.2 Å². The summed E-state index contributed by atoms with van der Waals surface area (Å²) in [7, 11) is 0. The number of carbonyl (C=O) groups excluding carboxylic acids is 2. The summed E-state index contributed by atoms with van der Waals surface area (Å²) in [6.07, 6.45) is 60.4. The lowest BCUT2D eigenvalue weighted by Crippen LogP contribution is -2.30. The van der Waals surface area contributed by atoms with Crippen LogP contribution < -0.4 is 0 Å². The van der Waals surface area contributed by atoms with Crippen LogP contribution in [0.4, 0.5) is 0 Å². The summed E-state index contributed by atoms with van der Waals surface area (Å²) in [4.78, 5) is 25.4. The van der Waals surface area contributed by atoms with Crippen LogP contribution >= 0.6 is 0 Å². The van der Waals surface area contributed by atoms with Gasteiger partial charge in [0.05, 0.1) is 6.61 Å². The van der Waals surface area contributed by atoms with Crippen LogP contribution in [0.15, 0.2) is 24.3 Å². The maximum absolute atomic E-state index is 12.8. The summed E-state index contributed by atoms with van der Waals surface area (Å²) in [5, 5.41) is 0. The van der Waals surface area contributed by atoms with Crippen molar-refractivity contribution in [2.45, 2.75) is 297 Å². The molecule has 0 aliphatic carbocycles. The third-order valence-electron chi connectivity index (χ3n) is 12.0. The molecule has 354 valence electrons. The average molecular weight is 845 g/mol. The molecule has 1 atom stereocenters. The molecule has 0 aromatic rings. The second-order valence-corrected chi connectivity index (χ2v) is 18.1. The van der Waals surface area contributed by atoms with Gasteiger partial charge in [-0.3, -0.25) is 9.59 Å². The number of allylic oxidation sites excluding steroid dienone is 4. The third-order valence-corrected chi connectivity index (χ3v) is 12.0. The number of hydrogen-bond donors (Lipinski definition) is 0. The van der Waals surface area contributed by atoms with E-state index in [1.165, 1.54) is 218 Å². The van der Waals surface area contributed by atoms with Crippen molar-refractivity contribution in [2.24, 2.45) is 0 Å². The Morgan fingerprint density at radius 3 is 1.07 bits per heavy atom. The van der Waals surface area contributed by atoms with E-state index in [2.05, 4.69) is 45.1 Å². The van der Waals surface area contributed by atoms with Crippen LogP contribution in [0.5, 0.6) is 0 Å². The molecule has 0 bridgehead atoms. The topological polar surface area (TPSA) is 61.8 Å². The van der Waals surface area contributed by atoms with Crippen LogP contribution in [-0.2, 0) is 23.8 Å². The molecule has 0 spiro atoms. The first-order valence-corrected chi connectivity index (χ1v) is 26.9. The highest BCUT2D eigenvalue weighted by atomic mass is 16.6. The van der Waals surface area contributed by atoms with Gasteiger partial charge in [-0.25, -0.2) is 0 Å². The highest BCUT2D eigenvalue weighted by Gasteiger charge is 2.17. The van der Waals surface area contributed by atoms with E-state index in [-0.39, 0.29) is 25.2 Å². The molecule has 0 saturated carbocycles. The Kier molecular flexibility index (Phi) is 50.3. The normalized spacial score (nSPS) is 12.2. The van der Waals surface area contributed by atoms with Crippen molar-refractivity contribution >= 4 is 11.9 Å². The number of esters is 2. The maximum Gasteiger partial charge on any atom is 0.306 e. The number of unbranched alkanes of at least 4 members (excludes halogenated alkanes) is 35. The van der Waals surface area contributed by atoms with Gasteiger partial charge < -0.3 is 14.2 Å². The molecule has 0 fully saturated rings. The summed E-state index contributed by atoms with van der Waals surface area (Å²) in [5.41, 5.74) is 0. The van der Waals surface area contributed by atoms with Crippen LogP contribution in [-0.4, -0.2) is 37.9 Å². The standard InChI is InChI=1S/C55H104O5/c1-4-7-10-13-16-19-22-25-27-28-30-31-33-36-39-42-45-48-54(56)59-52-53(51-58-50-47-44-41-38-35-24-21-18-15-12-9-6-3)60-55(57)49-46-43-40-37-34-32-29-26-23-20-17-14-11-8-5-2/h15,18,25,27,53H,4-14,16-17,19-24,26,28-52H2,1-3H3/b18-15-,27-25-. The molecule has 0 N–H and O–H groups in total. The van der Waals surface area contributed by atoms with Gasteiger partial charge in [-0.1, -0.05) is 238 Å². The van der Waals surface area contributed by atoms with E-state index in [1.807, 2.05) is 0 Å². The second-order valence-electron chi connectivity index (χ2n) is 18.1. The first-order valence-electron chi connectivity index (χ1n) is 26.9. The Balaban J connectivity index is 4.21. The predicted molar refractivity (Wildman–Crippen MR) is 261 cm³/mol. The van der Waals surface area contributed by atoms with Crippen LogP contribution in [0.2, 0.25) is 0 Å². The molecule has 0 amide bonds. The zero-order chi connectivity index (χ0) is 43.5. The fraction of sp³-hybridized carbons (Fsp3) is 0.891. The summed E-state index contributed by atoms with van der Waals surface area (Å²) >= 11 is 0. The minimum absolute atomic E-state index is 0.0870. The first kappa shape index (κ1) is 58.4. The predicted octanol–water partition coefficient (Wildman–Crippen LogP) is 18.0. The lowest BCUT2D eigenvalue weighted by molar-refractivity contribution is -0.163. The maximum atomic E-state index is 12.8. The molecule has 0 saturated heterocycles. The molecule has 0 aromatic heterocycles. The van der Waals surface area contributed by atoms with Gasteiger partial charge in [0.25, 0.3) is 0 Å². The molecular weight excluding hydrogens is 741 g/mol. The molecule has 0 rings (SSSR count). The first-order chi connectivity index (χ1) is 29.6. The van der Waals surface area contributed by atoms with Gasteiger partial charge in [0, 0.05) is 19.4 Å². The molecule has 5 heteroatoms. The van der Waals surface area contributed by atoms with Crippen molar-refractivity contribution in [3.05, 3.63) is 24.3 Å². The fourth-order valence-corrected chi connectivity index (χ4v) is 7.90. The SMILES string of the molecule is CCCC/C=C\CCCCCCCCOCC(COC(=O)CCCCCCCCC/C=C\CCCCCCCC)OC(=O)CCCCCCCCCCCCCCCCC. The molecule has 60 heavy (non-hydrogen) atoms. The van der Waals surface area contributed by atoms with E-state index in [9.17, 15) is 9.59 Å². The average Bonchev–Trinajstić information content (AvgIpc) is 3.25. The van der Waals surface area contributed by atoms with Gasteiger partial charge in [0.15, 0.2) is 6.10 Å². The summed E-state index contributed by atoms with van der Waals surface area (Å²) < 4.78 is 17.4. The number of rotatable bonds is 50. The van der Waals surface area contributed by atoms with Crippen molar-refractivity contribution < 1.29 is 23.8 Å². The highest BCUT2D eigenvalue weighted by molar-refractivity contribution is 5.70. The van der Waals surface area contributed by atoms with Crippen LogP contribution in [0.1, 0.15) is 290 Å². The van der Waals surface area contributed by atoms with E-state index < -0.39 is 6.10 Å². The van der Waals surface area contributed by atoms with Crippen molar-refractivity contribution in [3.8, 4) is 0 Å². The Morgan fingerprint density at radius 2 is 0.667 bits per heavy atom. The van der Waals surface area contributed by atoms with Crippen LogP contribution in [0.25, 0.3) is 0 Å². The third kappa shape index (κ3) is 49.0. The molecule has 0 aliphatic rings. The number of hydrogen-bond acceptors (Lipinski definition) is 5. The van der Waals surface area contributed by atoms with E-state index in [4.69, 9.17) is 14.2 Å². The molecule has 0 aromatic carbocycles. The lowest BCUT2D eigenvalue weighted by Gasteiger charge is -2.18. The molecule has 0 aliphatic heterocycles. The Morgan fingerprint density at radius 1 is 0.350 bits per heavy atom. The van der Waals surface area contributed by atoms with Gasteiger partial charge in [0.2, 0.25) is 0 Å². The van der Waals surface area contributed by atoms with Crippen molar-refractivity contribution in [1.82, 2.24) is 0 Å². The minimum Gasteiger partial charge on any atom is -0.462 e. The summed E-state index contributed by atoms with van der Waals surface area (Å²) in [6.45, 7) is 7.83. The van der Waals surface area contributed by atoms with E-state index in [1.54, 1.807) is 0 Å². The van der Waals surface area contributed by atoms with E-state index >= 15 is 0 Å². The Hall–Kier alpha value is -1.62. The fourth-order valence-electron chi connectivity index (χ4n) is 7.90. The zero-order valence-corrected chi connectivity index (χ0v) is 40.7. The second kappa shape index (κ2) is 51.7. The largest absolute Gasteiger partial charge is 0.462 e. The highest BCUT2D eigenvalue weighted by Crippen LogP contribution is 2.16. The van der Waals surface area contributed by atoms with Crippen molar-refractivity contribution in [3.63, 3.8) is 0 Å². The van der Waals surface area contributed by atoms with E-state index in [0.717, 1.165) is 38.5 Å². The molecular formula is C55H104O5. The van der Waals surface area contributed by atoms with Crippen molar-refractivity contribution in [1.29, 1.82) is 0 Å². The number of carbonyl (C=O) groups is 2. The lowest BCUT2D eigenvalue weighted by atomic mass is 10.0. The smallest absolute Gasteiger partial charge is 0.306 e. The van der Waals surface area contributed by atoms with Crippen molar-refractivity contribution in [2.75, 3.05) is 19.8 Å². The van der Waals surface area contributed by atoms with Crippen LogP contribution in [0, 0.1) is 0 Å². The Labute approximate surface area is 375 Å². The molecule has 0 heterocycles. The number of ether oxygens (including phenoxy) is 3. The molecule has 1 unspecified atom stereocenters. The van der Waals surface area contributed by atoms with Gasteiger partial charge >= 0.3 is 11.9 Å². The Bertz CT molecular complexity index is 913. The quantitative estimate of drug-likeness (QED) is 0.0347. The summed E-state index contributed by atoms with van der Waals surface area (Å²) in [6, 6.07) is 0. The van der Waals surface area contributed by atoms with Gasteiger partial charge in [0.1, 0.15) is 6.61 Å². The van der Waals surface area contributed by atoms with Gasteiger partial charge in [-0.15, -0.1) is 0 Å². The monoisotopic (exact) mass is 845 g/mol. The van der Waals surface area contributed by atoms with E-state index in [0.29, 0.717) is 19.4 Å². The zero-order valence-electron chi connectivity index (χ0n) is 40.7. The summed E-state index contributed by atoms with van der Waals surface area (Å²) in [5.74, 6) is -0.388. The van der Waals surface area contributed by atoms with Crippen LogP contribution in [0.3, 0.4) is 0 Å². The molecule has 5 nitrogen and oxygen atoms in total. The molecule has 0 radical (unpaired) electrons.